The van der Waals surface area contributed by atoms with Crippen LogP contribution < -0.4 is 15.4 Å². The van der Waals surface area contributed by atoms with Gasteiger partial charge in [-0.05, 0) is 30.2 Å². The van der Waals surface area contributed by atoms with Crippen molar-refractivity contribution in [2.24, 2.45) is 0 Å². The van der Waals surface area contributed by atoms with Gasteiger partial charge in [0.1, 0.15) is 5.75 Å². The van der Waals surface area contributed by atoms with Crippen LogP contribution in [-0.2, 0) is 11.3 Å². The monoisotopic (exact) mass is 346 g/mol. The first kappa shape index (κ1) is 18.3. The van der Waals surface area contributed by atoms with Crippen LogP contribution in [0.1, 0.15) is 25.3 Å². The van der Waals surface area contributed by atoms with Crippen LogP contribution in [0.5, 0.6) is 5.75 Å². The third-order valence-corrected chi connectivity index (χ3v) is 3.81. The number of rotatable bonds is 9. The molecule has 0 aromatic heterocycles. The largest absolute Gasteiger partial charge is 0.494 e. The van der Waals surface area contributed by atoms with Gasteiger partial charge in [0.05, 0.1) is 13.2 Å². The molecular weight excluding hydrogens is 324 g/mol. The Bertz CT molecular complexity index is 661. The second-order valence-corrected chi connectivity index (χ2v) is 5.88. The molecule has 128 valence electrons. The van der Waals surface area contributed by atoms with Crippen LogP contribution in [0.3, 0.4) is 0 Å². The Hall–Kier alpha value is -2.04. The van der Waals surface area contributed by atoms with Crippen molar-refractivity contribution in [3.05, 3.63) is 59.1 Å². The first-order chi connectivity index (χ1) is 11.7. The van der Waals surface area contributed by atoms with E-state index < -0.39 is 0 Å². The van der Waals surface area contributed by atoms with Gasteiger partial charge in [-0.1, -0.05) is 49.2 Å². The van der Waals surface area contributed by atoms with E-state index in [1.807, 2.05) is 48.5 Å². The van der Waals surface area contributed by atoms with Crippen molar-refractivity contribution in [1.82, 2.24) is 5.32 Å². The van der Waals surface area contributed by atoms with Gasteiger partial charge in [-0.15, -0.1) is 0 Å². The first-order valence-electron chi connectivity index (χ1n) is 8.16. The van der Waals surface area contributed by atoms with Crippen LogP contribution in [0.15, 0.2) is 48.5 Å². The van der Waals surface area contributed by atoms with Gasteiger partial charge in [-0.25, -0.2) is 0 Å². The molecule has 0 radical (unpaired) electrons. The number of hydrogen-bond donors (Lipinski definition) is 2. The third kappa shape index (κ3) is 6.22. The molecule has 0 unspecified atom stereocenters. The van der Waals surface area contributed by atoms with Crippen molar-refractivity contribution in [2.75, 3.05) is 18.5 Å². The molecule has 0 spiro atoms. The lowest BCUT2D eigenvalue weighted by molar-refractivity contribution is -0.115. The zero-order valence-electron chi connectivity index (χ0n) is 13.8. The van der Waals surface area contributed by atoms with E-state index in [1.54, 1.807) is 0 Å². The minimum absolute atomic E-state index is 0.104. The topological polar surface area (TPSA) is 50.4 Å². The summed E-state index contributed by atoms with van der Waals surface area (Å²) in [4.78, 5) is 12.0. The van der Waals surface area contributed by atoms with Crippen molar-refractivity contribution < 1.29 is 9.53 Å². The van der Waals surface area contributed by atoms with Gasteiger partial charge in [0, 0.05) is 23.3 Å². The van der Waals surface area contributed by atoms with E-state index in [9.17, 15) is 4.79 Å². The second-order valence-electron chi connectivity index (χ2n) is 5.47. The number of carbonyl (C=O) groups excluding carboxylic acids is 1. The van der Waals surface area contributed by atoms with Crippen LogP contribution in [-0.4, -0.2) is 19.1 Å². The molecule has 0 bridgehead atoms. The zero-order valence-corrected chi connectivity index (χ0v) is 14.6. The van der Waals surface area contributed by atoms with Gasteiger partial charge in [-0.2, -0.15) is 0 Å². The fourth-order valence-corrected chi connectivity index (χ4v) is 2.36. The molecule has 2 aromatic rings. The summed E-state index contributed by atoms with van der Waals surface area (Å²) in [7, 11) is 0. The van der Waals surface area contributed by atoms with Crippen molar-refractivity contribution in [1.29, 1.82) is 0 Å². The van der Waals surface area contributed by atoms with Crippen molar-refractivity contribution in [2.45, 2.75) is 26.3 Å². The summed E-state index contributed by atoms with van der Waals surface area (Å²) in [6, 6.07) is 15.0. The van der Waals surface area contributed by atoms with Gasteiger partial charge in [0.15, 0.2) is 0 Å². The van der Waals surface area contributed by atoms with E-state index >= 15 is 0 Å². The number of ether oxygens (including phenoxy) is 1. The van der Waals surface area contributed by atoms with E-state index in [0.717, 1.165) is 29.8 Å². The molecule has 2 rings (SSSR count). The molecule has 0 fully saturated rings. The molecule has 2 N–H and O–H groups in total. The number of amides is 1. The molecule has 1 amide bonds. The van der Waals surface area contributed by atoms with Gasteiger partial charge < -0.3 is 15.4 Å². The van der Waals surface area contributed by atoms with Crippen molar-refractivity contribution in [3.8, 4) is 5.75 Å². The number of halogens is 1. The fraction of sp³-hybridized carbons (Fsp3) is 0.316. The van der Waals surface area contributed by atoms with Crippen molar-refractivity contribution >= 4 is 23.2 Å². The molecular formula is C19H23ClN2O2. The van der Waals surface area contributed by atoms with Gasteiger partial charge in [0.25, 0.3) is 0 Å². The minimum Gasteiger partial charge on any atom is -0.494 e. The quantitative estimate of drug-likeness (QED) is 0.667. The number of hydrogen-bond acceptors (Lipinski definition) is 3. The van der Waals surface area contributed by atoms with Crippen LogP contribution >= 0.6 is 11.6 Å². The maximum atomic E-state index is 12.0. The summed E-state index contributed by atoms with van der Waals surface area (Å²) in [5, 5.41) is 6.65. The third-order valence-electron chi connectivity index (χ3n) is 3.44. The molecule has 0 aliphatic rings. The summed E-state index contributed by atoms with van der Waals surface area (Å²) in [5.74, 6) is 0.665. The number of carbonyl (C=O) groups is 1. The standard InChI is InChI=1S/C19H23ClN2O2/c1-2-3-11-24-17-9-6-8-16(12-17)22-19(23)14-21-13-15-7-4-5-10-18(15)20/h4-10,12,21H,2-3,11,13-14H2,1H3,(H,22,23). The molecule has 5 heteroatoms. The summed E-state index contributed by atoms with van der Waals surface area (Å²) in [6.07, 6.45) is 2.11. The van der Waals surface area contributed by atoms with Crippen molar-refractivity contribution in [3.63, 3.8) is 0 Å². The highest BCUT2D eigenvalue weighted by Gasteiger charge is 2.04. The van der Waals surface area contributed by atoms with E-state index in [1.165, 1.54) is 0 Å². The fourth-order valence-electron chi connectivity index (χ4n) is 2.16. The Morgan fingerprint density at radius 2 is 2.00 bits per heavy atom. The van der Waals surface area contributed by atoms with Gasteiger partial charge in [0.2, 0.25) is 5.91 Å². The second kappa shape index (κ2) is 9.96. The van der Waals surface area contributed by atoms with Gasteiger partial charge >= 0.3 is 0 Å². The highest BCUT2D eigenvalue weighted by Crippen LogP contribution is 2.18. The Balaban J connectivity index is 1.77. The van der Waals surface area contributed by atoms with E-state index in [-0.39, 0.29) is 12.5 Å². The highest BCUT2D eigenvalue weighted by molar-refractivity contribution is 6.31. The van der Waals surface area contributed by atoms with Crippen LogP contribution in [0.4, 0.5) is 5.69 Å². The van der Waals surface area contributed by atoms with Crippen LogP contribution in [0, 0.1) is 0 Å². The molecule has 0 saturated carbocycles. The molecule has 4 nitrogen and oxygen atoms in total. The zero-order chi connectivity index (χ0) is 17.2. The SMILES string of the molecule is CCCCOc1cccc(NC(=O)CNCc2ccccc2Cl)c1. The van der Waals surface area contributed by atoms with E-state index in [2.05, 4.69) is 17.6 Å². The van der Waals surface area contributed by atoms with Crippen LogP contribution in [0.25, 0.3) is 0 Å². The number of nitrogens with one attached hydrogen (secondary N) is 2. The number of unbranched alkanes of at least 4 members (excludes halogenated alkanes) is 1. The molecule has 0 saturated heterocycles. The predicted octanol–water partition coefficient (Wildman–Crippen LogP) is 4.25. The maximum absolute atomic E-state index is 12.0. The smallest absolute Gasteiger partial charge is 0.238 e. The number of benzene rings is 2. The lowest BCUT2D eigenvalue weighted by atomic mass is 10.2. The predicted molar refractivity (Wildman–Crippen MR) is 98.6 cm³/mol. The van der Waals surface area contributed by atoms with Gasteiger partial charge in [-0.3, -0.25) is 4.79 Å². The summed E-state index contributed by atoms with van der Waals surface area (Å²) in [5.41, 5.74) is 1.70. The first-order valence-corrected chi connectivity index (χ1v) is 8.53. The molecule has 2 aromatic carbocycles. The van der Waals surface area contributed by atoms with E-state index in [0.29, 0.717) is 18.2 Å². The van der Waals surface area contributed by atoms with Crippen LogP contribution in [0.2, 0.25) is 5.02 Å². The average molecular weight is 347 g/mol. The summed E-state index contributed by atoms with van der Waals surface area (Å²) >= 11 is 6.08. The Labute approximate surface area is 148 Å². The van der Waals surface area contributed by atoms with E-state index in [4.69, 9.17) is 16.3 Å². The minimum atomic E-state index is -0.104. The Morgan fingerprint density at radius 1 is 1.17 bits per heavy atom. The Kier molecular flexibility index (Phi) is 7.59. The molecule has 0 atom stereocenters. The molecule has 0 heterocycles. The molecule has 24 heavy (non-hydrogen) atoms. The number of anilines is 1. The summed E-state index contributed by atoms with van der Waals surface area (Å²) in [6.45, 7) is 3.57. The average Bonchev–Trinajstić information content (AvgIpc) is 2.57. The Morgan fingerprint density at radius 3 is 2.79 bits per heavy atom. The molecule has 0 aliphatic heterocycles. The highest BCUT2D eigenvalue weighted by atomic mass is 35.5. The molecule has 0 aliphatic carbocycles. The summed E-state index contributed by atoms with van der Waals surface area (Å²) < 4.78 is 5.64. The lowest BCUT2D eigenvalue weighted by Crippen LogP contribution is -2.27. The lowest BCUT2D eigenvalue weighted by Gasteiger charge is -2.10. The normalized spacial score (nSPS) is 10.4. The maximum Gasteiger partial charge on any atom is 0.238 e.